The molecule has 0 bridgehead atoms. The summed E-state index contributed by atoms with van der Waals surface area (Å²) in [6.45, 7) is 9.29. The monoisotopic (exact) mass is 317 g/mol. The number of aromatic nitrogens is 2. The zero-order valence-corrected chi connectivity index (χ0v) is 14.4. The van der Waals surface area contributed by atoms with Crippen LogP contribution in [0.5, 0.6) is 0 Å². The van der Waals surface area contributed by atoms with Gasteiger partial charge in [-0.25, -0.2) is 4.98 Å². The fourth-order valence-electron chi connectivity index (χ4n) is 2.32. The van der Waals surface area contributed by atoms with Crippen LogP contribution in [0.25, 0.3) is 0 Å². The first-order chi connectivity index (χ1) is 10.4. The van der Waals surface area contributed by atoms with Gasteiger partial charge in [-0.15, -0.1) is 0 Å². The van der Waals surface area contributed by atoms with Gasteiger partial charge in [0.05, 0.1) is 5.69 Å². The van der Waals surface area contributed by atoms with E-state index >= 15 is 0 Å². The van der Waals surface area contributed by atoms with E-state index in [1.165, 1.54) is 11.8 Å². The van der Waals surface area contributed by atoms with Crippen LogP contribution >= 0.6 is 11.8 Å². The average molecular weight is 317 g/mol. The van der Waals surface area contributed by atoms with Gasteiger partial charge in [-0.1, -0.05) is 55.9 Å². The minimum Gasteiger partial charge on any atom is -0.368 e. The highest BCUT2D eigenvalue weighted by Crippen LogP contribution is 2.35. The zero-order valence-electron chi connectivity index (χ0n) is 13.5. The number of rotatable bonds is 6. The van der Waals surface area contributed by atoms with Crippen LogP contribution in [0, 0.1) is 19.8 Å². The van der Waals surface area contributed by atoms with E-state index in [4.69, 9.17) is 5.73 Å². The second kappa shape index (κ2) is 7.01. The van der Waals surface area contributed by atoms with Gasteiger partial charge < -0.3 is 10.3 Å². The number of nitrogens with zero attached hydrogens (tertiary/aromatic N) is 2. The maximum absolute atomic E-state index is 11.9. The number of primary amides is 1. The molecule has 0 spiro atoms. The molecule has 5 heteroatoms. The fourth-order valence-corrected chi connectivity index (χ4v) is 3.47. The largest absolute Gasteiger partial charge is 0.368 e. The van der Waals surface area contributed by atoms with Crippen molar-refractivity contribution in [2.24, 2.45) is 11.7 Å². The maximum atomic E-state index is 11.9. The van der Waals surface area contributed by atoms with Crippen molar-refractivity contribution < 1.29 is 4.79 Å². The normalized spacial score (nSPS) is 12.6. The summed E-state index contributed by atoms with van der Waals surface area (Å²) in [7, 11) is 0. The molecule has 0 unspecified atom stereocenters. The standard InChI is InChI=1S/C17H23N3OS/c1-11(2)10-20-13(4)12(3)19-17(20)22-15(16(18)21)14-8-6-5-7-9-14/h5-9,11,15H,10H2,1-4H3,(H2,18,21)/t15-/m1/s1. The number of hydrogen-bond acceptors (Lipinski definition) is 3. The van der Waals surface area contributed by atoms with E-state index in [0.717, 1.165) is 28.7 Å². The van der Waals surface area contributed by atoms with Gasteiger partial charge in [0.25, 0.3) is 0 Å². The number of aryl methyl sites for hydroxylation is 1. The third-order valence-electron chi connectivity index (χ3n) is 3.55. The first kappa shape index (κ1) is 16.6. The Labute approximate surface area is 136 Å². The Bertz CT molecular complexity index is 649. The molecule has 22 heavy (non-hydrogen) atoms. The van der Waals surface area contributed by atoms with E-state index in [0.29, 0.717) is 5.92 Å². The summed E-state index contributed by atoms with van der Waals surface area (Å²) in [4.78, 5) is 16.5. The van der Waals surface area contributed by atoms with Gasteiger partial charge in [0.1, 0.15) is 5.25 Å². The van der Waals surface area contributed by atoms with Crippen molar-refractivity contribution in [3.8, 4) is 0 Å². The number of thioether (sulfide) groups is 1. The van der Waals surface area contributed by atoms with Crippen LogP contribution in [-0.2, 0) is 11.3 Å². The Balaban J connectivity index is 2.35. The smallest absolute Gasteiger partial charge is 0.235 e. The van der Waals surface area contributed by atoms with Crippen molar-refractivity contribution in [3.05, 3.63) is 47.3 Å². The van der Waals surface area contributed by atoms with Crippen molar-refractivity contribution in [1.29, 1.82) is 0 Å². The maximum Gasteiger partial charge on any atom is 0.235 e. The van der Waals surface area contributed by atoms with Crippen LogP contribution in [-0.4, -0.2) is 15.5 Å². The molecule has 0 aliphatic carbocycles. The summed E-state index contributed by atoms with van der Waals surface area (Å²) < 4.78 is 2.18. The lowest BCUT2D eigenvalue weighted by molar-refractivity contribution is -0.117. The first-order valence-electron chi connectivity index (χ1n) is 7.44. The lowest BCUT2D eigenvalue weighted by atomic mass is 10.1. The Kier molecular flexibility index (Phi) is 5.29. The molecule has 1 aromatic heterocycles. The minimum absolute atomic E-state index is 0.342. The van der Waals surface area contributed by atoms with Gasteiger partial charge in [-0.2, -0.15) is 0 Å². The number of amides is 1. The van der Waals surface area contributed by atoms with Crippen molar-refractivity contribution in [3.63, 3.8) is 0 Å². The van der Waals surface area contributed by atoms with Crippen LogP contribution in [0.15, 0.2) is 35.5 Å². The molecule has 1 aromatic carbocycles. The molecule has 118 valence electrons. The average Bonchev–Trinajstić information content (AvgIpc) is 2.72. The van der Waals surface area contributed by atoms with Crippen LogP contribution in [0.1, 0.15) is 36.0 Å². The molecular weight excluding hydrogens is 294 g/mol. The van der Waals surface area contributed by atoms with Crippen LogP contribution in [0.4, 0.5) is 0 Å². The lowest BCUT2D eigenvalue weighted by Gasteiger charge is -2.16. The molecule has 2 N–H and O–H groups in total. The quantitative estimate of drug-likeness (QED) is 0.830. The molecule has 0 saturated heterocycles. The summed E-state index contributed by atoms with van der Waals surface area (Å²) in [5, 5.41) is 0.435. The van der Waals surface area contributed by atoms with Gasteiger partial charge in [0, 0.05) is 12.2 Å². The van der Waals surface area contributed by atoms with E-state index in [2.05, 4.69) is 30.3 Å². The van der Waals surface area contributed by atoms with Crippen molar-refractivity contribution in [2.45, 2.75) is 44.6 Å². The third kappa shape index (κ3) is 3.71. The third-order valence-corrected chi connectivity index (χ3v) is 4.82. The van der Waals surface area contributed by atoms with Gasteiger partial charge in [0.15, 0.2) is 5.16 Å². The zero-order chi connectivity index (χ0) is 16.3. The Hall–Kier alpha value is -1.75. The van der Waals surface area contributed by atoms with E-state index in [1.54, 1.807) is 0 Å². The Morgan fingerprint density at radius 3 is 2.45 bits per heavy atom. The molecule has 2 rings (SSSR count). The molecule has 0 fully saturated rings. The van der Waals surface area contributed by atoms with Crippen LogP contribution < -0.4 is 5.73 Å². The predicted molar refractivity (Wildman–Crippen MR) is 90.8 cm³/mol. The number of carbonyl (C=O) groups is 1. The summed E-state index contributed by atoms with van der Waals surface area (Å²) in [6.07, 6.45) is 0. The van der Waals surface area contributed by atoms with Crippen LogP contribution in [0.2, 0.25) is 0 Å². The van der Waals surface area contributed by atoms with E-state index in [-0.39, 0.29) is 5.91 Å². The van der Waals surface area contributed by atoms with Crippen LogP contribution in [0.3, 0.4) is 0 Å². The molecule has 2 aromatic rings. The number of imidazole rings is 1. The second-order valence-electron chi connectivity index (χ2n) is 5.88. The molecular formula is C17H23N3OS. The number of nitrogens with two attached hydrogens (primary N) is 1. The van der Waals surface area contributed by atoms with E-state index in [9.17, 15) is 4.79 Å². The van der Waals surface area contributed by atoms with Crippen molar-refractivity contribution >= 4 is 17.7 Å². The molecule has 1 amide bonds. The van der Waals surface area contributed by atoms with Gasteiger partial charge in [-0.3, -0.25) is 4.79 Å². The molecule has 1 heterocycles. The minimum atomic E-state index is -0.423. The van der Waals surface area contributed by atoms with E-state index < -0.39 is 5.25 Å². The van der Waals surface area contributed by atoms with E-state index in [1.807, 2.05) is 37.3 Å². The summed E-state index contributed by atoms with van der Waals surface area (Å²) in [6, 6.07) is 9.63. The Morgan fingerprint density at radius 1 is 1.27 bits per heavy atom. The van der Waals surface area contributed by atoms with Crippen molar-refractivity contribution in [1.82, 2.24) is 9.55 Å². The number of carbonyl (C=O) groups excluding carboxylic acids is 1. The summed E-state index contributed by atoms with van der Waals surface area (Å²) >= 11 is 1.43. The topological polar surface area (TPSA) is 60.9 Å². The number of hydrogen-bond donors (Lipinski definition) is 1. The van der Waals surface area contributed by atoms with Gasteiger partial charge >= 0.3 is 0 Å². The first-order valence-corrected chi connectivity index (χ1v) is 8.32. The Morgan fingerprint density at radius 2 is 1.91 bits per heavy atom. The molecule has 0 saturated carbocycles. The highest BCUT2D eigenvalue weighted by Gasteiger charge is 2.23. The predicted octanol–water partition coefficient (Wildman–Crippen LogP) is 3.47. The molecule has 0 aliphatic rings. The highest BCUT2D eigenvalue weighted by atomic mass is 32.2. The molecule has 0 aliphatic heterocycles. The summed E-state index contributed by atoms with van der Waals surface area (Å²) in [5.74, 6) is 0.168. The fraction of sp³-hybridized carbons (Fsp3) is 0.412. The molecule has 0 radical (unpaired) electrons. The number of benzene rings is 1. The SMILES string of the molecule is Cc1nc(S[C@@H](C(N)=O)c2ccccc2)n(CC(C)C)c1C. The van der Waals surface area contributed by atoms with Gasteiger partial charge in [0.2, 0.25) is 5.91 Å². The molecule has 1 atom stereocenters. The summed E-state index contributed by atoms with van der Waals surface area (Å²) in [5.41, 5.74) is 8.67. The highest BCUT2D eigenvalue weighted by molar-refractivity contribution is 8.00. The lowest BCUT2D eigenvalue weighted by Crippen LogP contribution is -2.19. The van der Waals surface area contributed by atoms with Gasteiger partial charge in [-0.05, 0) is 25.3 Å². The second-order valence-corrected chi connectivity index (χ2v) is 6.95. The van der Waals surface area contributed by atoms with Crippen molar-refractivity contribution in [2.75, 3.05) is 0 Å². The molecule has 4 nitrogen and oxygen atoms in total.